The van der Waals surface area contributed by atoms with E-state index >= 15 is 0 Å². The molecule has 19 heavy (non-hydrogen) atoms. The number of carbonyl (C=O) groups is 1. The van der Waals surface area contributed by atoms with Crippen LogP contribution in [0, 0.1) is 5.82 Å². The zero-order chi connectivity index (χ0) is 13.4. The van der Waals surface area contributed by atoms with Crippen molar-refractivity contribution in [1.29, 1.82) is 0 Å². The van der Waals surface area contributed by atoms with E-state index in [0.717, 1.165) is 23.8 Å². The summed E-state index contributed by atoms with van der Waals surface area (Å²) < 4.78 is 18.8. The van der Waals surface area contributed by atoms with Crippen molar-refractivity contribution in [1.82, 2.24) is 0 Å². The summed E-state index contributed by atoms with van der Waals surface area (Å²) >= 11 is 5.61. The molecule has 0 amide bonds. The van der Waals surface area contributed by atoms with Crippen LogP contribution in [0.3, 0.4) is 0 Å². The minimum Gasteiger partial charge on any atom is -0.493 e. The Morgan fingerprint density at radius 2 is 1.89 bits per heavy atom. The fourth-order valence-corrected chi connectivity index (χ4v) is 2.25. The molecule has 0 spiro atoms. The lowest BCUT2D eigenvalue weighted by atomic mass is 10.0. The quantitative estimate of drug-likeness (QED) is 0.783. The number of halogens is 2. The predicted molar refractivity (Wildman–Crippen MR) is 70.5 cm³/mol. The van der Waals surface area contributed by atoms with Crippen molar-refractivity contribution in [2.24, 2.45) is 0 Å². The molecule has 2 nitrogen and oxygen atoms in total. The van der Waals surface area contributed by atoms with Gasteiger partial charge in [-0.3, -0.25) is 4.79 Å². The number of hydrogen-bond donors (Lipinski definition) is 0. The largest absolute Gasteiger partial charge is 0.493 e. The highest BCUT2D eigenvalue weighted by molar-refractivity contribution is 6.30. The molecular formula is C15H10ClFO2. The standard InChI is InChI=1S/C15H10ClFO2/c16-12-3-1-11(8-13(12)17)15(18)10-2-4-14-9(7-10)5-6-19-14/h1-4,7-8H,5-6H2. The number of carbonyl (C=O) groups excluding carboxylic acids is 1. The van der Waals surface area contributed by atoms with Crippen LogP contribution in [0.15, 0.2) is 36.4 Å². The molecule has 3 rings (SSSR count). The Kier molecular flexibility index (Phi) is 2.99. The second-order valence-electron chi connectivity index (χ2n) is 4.38. The second-order valence-corrected chi connectivity index (χ2v) is 4.79. The molecule has 0 N–H and O–H groups in total. The Hall–Kier alpha value is -1.87. The van der Waals surface area contributed by atoms with Crippen LogP contribution >= 0.6 is 11.6 Å². The Morgan fingerprint density at radius 3 is 2.68 bits per heavy atom. The summed E-state index contributed by atoms with van der Waals surface area (Å²) in [5.41, 5.74) is 1.84. The first-order chi connectivity index (χ1) is 9.15. The lowest BCUT2D eigenvalue weighted by Crippen LogP contribution is -2.02. The van der Waals surface area contributed by atoms with E-state index in [1.807, 2.05) is 0 Å². The first kappa shape index (κ1) is 12.2. The molecular weight excluding hydrogens is 267 g/mol. The van der Waals surface area contributed by atoms with E-state index in [4.69, 9.17) is 16.3 Å². The number of ether oxygens (including phenoxy) is 1. The molecule has 1 aliphatic rings. The van der Waals surface area contributed by atoms with Gasteiger partial charge in [0.25, 0.3) is 0 Å². The SMILES string of the molecule is O=C(c1ccc(Cl)c(F)c1)c1ccc2c(c1)CCO2. The molecule has 0 fully saturated rings. The maximum Gasteiger partial charge on any atom is 0.193 e. The van der Waals surface area contributed by atoms with Gasteiger partial charge in [0.2, 0.25) is 0 Å². The van der Waals surface area contributed by atoms with Crippen LogP contribution in [-0.2, 0) is 6.42 Å². The molecule has 4 heteroatoms. The van der Waals surface area contributed by atoms with E-state index in [0.29, 0.717) is 17.7 Å². The van der Waals surface area contributed by atoms with Gasteiger partial charge < -0.3 is 4.74 Å². The molecule has 0 radical (unpaired) electrons. The minimum absolute atomic E-state index is 0.0129. The number of hydrogen-bond acceptors (Lipinski definition) is 2. The Labute approximate surface area is 114 Å². The van der Waals surface area contributed by atoms with Crippen molar-refractivity contribution in [3.8, 4) is 5.75 Å². The van der Waals surface area contributed by atoms with Crippen LogP contribution in [0.1, 0.15) is 21.5 Å². The van der Waals surface area contributed by atoms with E-state index in [1.165, 1.54) is 12.1 Å². The number of fused-ring (bicyclic) bond motifs is 1. The van der Waals surface area contributed by atoms with Gasteiger partial charge >= 0.3 is 0 Å². The number of rotatable bonds is 2. The van der Waals surface area contributed by atoms with Gasteiger partial charge in [-0.2, -0.15) is 0 Å². The third-order valence-corrected chi connectivity index (χ3v) is 3.44. The van der Waals surface area contributed by atoms with Gasteiger partial charge in [-0.15, -0.1) is 0 Å². The molecule has 1 aliphatic heterocycles. The molecule has 2 aromatic carbocycles. The number of ketones is 1. The van der Waals surface area contributed by atoms with Gasteiger partial charge in [0.1, 0.15) is 11.6 Å². The monoisotopic (exact) mass is 276 g/mol. The van der Waals surface area contributed by atoms with Gasteiger partial charge in [0, 0.05) is 17.5 Å². The van der Waals surface area contributed by atoms with Crippen LogP contribution in [0.25, 0.3) is 0 Å². The maximum absolute atomic E-state index is 13.4. The average Bonchev–Trinajstić information content (AvgIpc) is 2.88. The van der Waals surface area contributed by atoms with Gasteiger partial charge in [0.05, 0.1) is 11.6 Å². The molecule has 0 bridgehead atoms. The predicted octanol–water partition coefficient (Wildman–Crippen LogP) is 3.65. The summed E-state index contributed by atoms with van der Waals surface area (Å²) in [6.45, 7) is 0.641. The van der Waals surface area contributed by atoms with E-state index in [-0.39, 0.29) is 10.8 Å². The molecule has 96 valence electrons. The first-order valence-electron chi connectivity index (χ1n) is 5.90. The third kappa shape index (κ3) is 2.22. The topological polar surface area (TPSA) is 26.3 Å². The molecule has 0 saturated heterocycles. The van der Waals surface area contributed by atoms with Crippen LogP contribution in [-0.4, -0.2) is 12.4 Å². The van der Waals surface area contributed by atoms with Gasteiger partial charge in [-0.05, 0) is 42.0 Å². The summed E-state index contributed by atoms with van der Waals surface area (Å²) in [6.07, 6.45) is 0.797. The third-order valence-electron chi connectivity index (χ3n) is 3.13. The lowest BCUT2D eigenvalue weighted by Gasteiger charge is -2.04. The van der Waals surface area contributed by atoms with Gasteiger partial charge in [-0.25, -0.2) is 4.39 Å². The summed E-state index contributed by atoms with van der Waals surface area (Å²) in [4.78, 5) is 12.3. The molecule has 0 atom stereocenters. The van der Waals surface area contributed by atoms with E-state index < -0.39 is 5.82 Å². The summed E-state index contributed by atoms with van der Waals surface area (Å²) in [5.74, 6) is 0.0149. The van der Waals surface area contributed by atoms with Crippen LogP contribution in [0.2, 0.25) is 5.02 Å². The van der Waals surface area contributed by atoms with E-state index in [2.05, 4.69) is 0 Å². The minimum atomic E-state index is -0.586. The van der Waals surface area contributed by atoms with Gasteiger partial charge in [-0.1, -0.05) is 11.6 Å². The average molecular weight is 277 g/mol. The van der Waals surface area contributed by atoms with Crippen molar-refractivity contribution in [3.63, 3.8) is 0 Å². The Morgan fingerprint density at radius 1 is 1.16 bits per heavy atom. The fourth-order valence-electron chi connectivity index (χ4n) is 2.13. The zero-order valence-corrected chi connectivity index (χ0v) is 10.7. The highest BCUT2D eigenvalue weighted by Crippen LogP contribution is 2.27. The van der Waals surface area contributed by atoms with E-state index in [9.17, 15) is 9.18 Å². The first-order valence-corrected chi connectivity index (χ1v) is 6.28. The summed E-state index contributed by atoms with van der Waals surface area (Å²) in [6, 6.07) is 9.35. The normalized spacial score (nSPS) is 12.9. The highest BCUT2D eigenvalue weighted by atomic mass is 35.5. The fraction of sp³-hybridized carbons (Fsp3) is 0.133. The van der Waals surface area contributed by atoms with Crippen molar-refractivity contribution >= 4 is 17.4 Å². The Balaban J connectivity index is 1.97. The van der Waals surface area contributed by atoms with Crippen LogP contribution < -0.4 is 4.74 Å². The summed E-state index contributed by atoms with van der Waals surface area (Å²) in [7, 11) is 0. The van der Waals surface area contributed by atoms with Crippen LogP contribution in [0.4, 0.5) is 4.39 Å². The second kappa shape index (κ2) is 4.67. The summed E-state index contributed by atoms with van der Waals surface area (Å²) in [5, 5.41) is 0.0129. The lowest BCUT2D eigenvalue weighted by molar-refractivity contribution is 0.103. The number of benzene rings is 2. The molecule has 1 heterocycles. The highest BCUT2D eigenvalue weighted by Gasteiger charge is 2.16. The molecule has 0 aromatic heterocycles. The van der Waals surface area contributed by atoms with Crippen LogP contribution in [0.5, 0.6) is 5.75 Å². The zero-order valence-electron chi connectivity index (χ0n) is 9.95. The van der Waals surface area contributed by atoms with Crippen molar-refractivity contribution in [3.05, 3.63) is 63.9 Å². The Bertz CT molecular complexity index is 667. The maximum atomic E-state index is 13.4. The molecule has 0 unspecified atom stereocenters. The molecule has 0 saturated carbocycles. The molecule has 0 aliphatic carbocycles. The molecule has 2 aromatic rings. The van der Waals surface area contributed by atoms with Gasteiger partial charge in [0.15, 0.2) is 5.78 Å². The van der Waals surface area contributed by atoms with Crippen molar-refractivity contribution in [2.45, 2.75) is 6.42 Å². The van der Waals surface area contributed by atoms with Crippen molar-refractivity contribution in [2.75, 3.05) is 6.61 Å². The van der Waals surface area contributed by atoms with Crippen molar-refractivity contribution < 1.29 is 13.9 Å². The van der Waals surface area contributed by atoms with E-state index in [1.54, 1.807) is 18.2 Å². The smallest absolute Gasteiger partial charge is 0.193 e.